The smallest absolute Gasteiger partial charge is 0.387 e. The van der Waals surface area contributed by atoms with Crippen LogP contribution in [0, 0.1) is 12.8 Å². The lowest BCUT2D eigenvalue weighted by Gasteiger charge is -2.16. The number of benzene rings is 1. The van der Waals surface area contributed by atoms with Crippen LogP contribution in [0.1, 0.15) is 47.9 Å². The number of halogens is 3. The maximum absolute atomic E-state index is 12.6. The van der Waals surface area contributed by atoms with E-state index in [1.165, 1.54) is 23.5 Å². The second-order valence-corrected chi connectivity index (χ2v) is 7.06. The third-order valence-corrected chi connectivity index (χ3v) is 5.68. The van der Waals surface area contributed by atoms with E-state index in [1.54, 1.807) is 0 Å². The number of aliphatic hydroxyl groups excluding tert-OH is 1. The van der Waals surface area contributed by atoms with Gasteiger partial charge >= 0.3 is 6.18 Å². The van der Waals surface area contributed by atoms with Crippen molar-refractivity contribution in [1.29, 1.82) is 0 Å². The predicted octanol–water partition coefficient (Wildman–Crippen LogP) is 5.36. The lowest BCUT2D eigenvalue weighted by Crippen LogP contribution is -2.08. The second-order valence-electron chi connectivity index (χ2n) is 6.03. The summed E-state index contributed by atoms with van der Waals surface area (Å²) in [6, 6.07) is 5.01. The molecule has 2 aromatic rings. The van der Waals surface area contributed by atoms with Gasteiger partial charge in [-0.25, -0.2) is 4.98 Å². The molecular formula is C17H18F3NOS. The topological polar surface area (TPSA) is 33.1 Å². The van der Waals surface area contributed by atoms with Crippen molar-refractivity contribution in [3.8, 4) is 10.6 Å². The van der Waals surface area contributed by atoms with Gasteiger partial charge in [0.1, 0.15) is 5.01 Å². The Balaban J connectivity index is 1.85. The maximum atomic E-state index is 12.6. The number of aryl methyl sites for hydroxylation is 1. The van der Waals surface area contributed by atoms with Crippen LogP contribution in [-0.4, -0.2) is 10.1 Å². The number of rotatable bonds is 3. The molecule has 1 aliphatic carbocycles. The van der Waals surface area contributed by atoms with Crippen LogP contribution in [-0.2, 0) is 6.18 Å². The summed E-state index contributed by atoms with van der Waals surface area (Å²) in [5, 5.41) is 11.2. The highest BCUT2D eigenvalue weighted by Crippen LogP contribution is 2.41. The summed E-state index contributed by atoms with van der Waals surface area (Å²) in [5.74, 6) is 0.273. The molecule has 1 aromatic heterocycles. The van der Waals surface area contributed by atoms with E-state index in [4.69, 9.17) is 0 Å². The van der Waals surface area contributed by atoms with Crippen LogP contribution in [0.25, 0.3) is 10.6 Å². The van der Waals surface area contributed by atoms with Crippen molar-refractivity contribution in [3.05, 3.63) is 40.4 Å². The van der Waals surface area contributed by atoms with Crippen molar-refractivity contribution < 1.29 is 18.3 Å². The lowest BCUT2D eigenvalue weighted by atomic mass is 9.99. The maximum Gasteiger partial charge on any atom is 0.416 e. The zero-order valence-corrected chi connectivity index (χ0v) is 13.5. The van der Waals surface area contributed by atoms with Gasteiger partial charge in [-0.2, -0.15) is 13.2 Å². The quantitative estimate of drug-likeness (QED) is 0.815. The molecule has 23 heavy (non-hydrogen) atoms. The van der Waals surface area contributed by atoms with Crippen molar-refractivity contribution in [1.82, 2.24) is 4.98 Å². The number of aliphatic hydroxyl groups is 1. The van der Waals surface area contributed by atoms with E-state index in [2.05, 4.69) is 4.98 Å². The van der Waals surface area contributed by atoms with Gasteiger partial charge in [0, 0.05) is 5.56 Å². The average Bonchev–Trinajstić information content (AvgIpc) is 3.15. The Morgan fingerprint density at radius 2 is 1.78 bits per heavy atom. The minimum Gasteiger partial charge on any atom is -0.387 e. The number of nitrogens with zero attached hydrogens (tertiary/aromatic N) is 1. The lowest BCUT2D eigenvalue weighted by molar-refractivity contribution is -0.137. The fourth-order valence-corrected chi connectivity index (χ4v) is 4.25. The highest BCUT2D eigenvalue weighted by atomic mass is 32.1. The minimum absolute atomic E-state index is 0.273. The summed E-state index contributed by atoms with van der Waals surface area (Å²) in [7, 11) is 0. The molecule has 0 aliphatic heterocycles. The van der Waals surface area contributed by atoms with Crippen LogP contribution in [0.3, 0.4) is 0 Å². The number of alkyl halides is 3. The van der Waals surface area contributed by atoms with Crippen LogP contribution in [0.15, 0.2) is 24.3 Å². The highest BCUT2D eigenvalue weighted by Gasteiger charge is 2.30. The van der Waals surface area contributed by atoms with Crippen molar-refractivity contribution in [2.24, 2.45) is 5.92 Å². The fraction of sp³-hybridized carbons (Fsp3) is 0.471. The van der Waals surface area contributed by atoms with Gasteiger partial charge in [0.25, 0.3) is 0 Å². The van der Waals surface area contributed by atoms with Crippen molar-refractivity contribution in [2.45, 2.75) is 44.9 Å². The van der Waals surface area contributed by atoms with Gasteiger partial charge in [-0.15, -0.1) is 11.3 Å². The van der Waals surface area contributed by atoms with Crippen LogP contribution in [0.2, 0.25) is 0 Å². The molecule has 1 unspecified atom stereocenters. The van der Waals surface area contributed by atoms with Gasteiger partial charge in [0.15, 0.2) is 0 Å². The normalized spacial score (nSPS) is 17.6. The molecule has 0 bridgehead atoms. The first-order valence-electron chi connectivity index (χ1n) is 7.69. The second kappa shape index (κ2) is 6.24. The Hall–Kier alpha value is -1.40. The van der Waals surface area contributed by atoms with E-state index >= 15 is 0 Å². The van der Waals surface area contributed by atoms with E-state index in [0.29, 0.717) is 10.6 Å². The zero-order valence-electron chi connectivity index (χ0n) is 12.7. The molecule has 0 spiro atoms. The van der Waals surface area contributed by atoms with Crippen LogP contribution >= 0.6 is 11.3 Å². The molecule has 3 rings (SSSR count). The van der Waals surface area contributed by atoms with Crippen LogP contribution in [0.5, 0.6) is 0 Å². The average molecular weight is 341 g/mol. The van der Waals surface area contributed by atoms with Crippen LogP contribution in [0.4, 0.5) is 13.2 Å². The standard InChI is InChI=1S/C17H18F3NOS/c1-10-15(14(22)11-4-2-3-5-11)23-16(21-10)12-6-8-13(9-7-12)17(18,19)20/h6-9,11,14,22H,2-5H2,1H3. The molecule has 1 aromatic carbocycles. The first kappa shape index (κ1) is 16.5. The monoisotopic (exact) mass is 341 g/mol. The Bertz CT molecular complexity index is 672. The van der Waals surface area contributed by atoms with Gasteiger partial charge in [0.05, 0.1) is 22.2 Å². The number of hydrogen-bond acceptors (Lipinski definition) is 3. The number of aromatic nitrogens is 1. The summed E-state index contributed by atoms with van der Waals surface area (Å²) in [5.41, 5.74) is 0.751. The predicted molar refractivity (Wildman–Crippen MR) is 84.2 cm³/mol. The van der Waals surface area contributed by atoms with E-state index in [0.717, 1.165) is 48.4 Å². The first-order chi connectivity index (χ1) is 10.9. The largest absolute Gasteiger partial charge is 0.416 e. The summed E-state index contributed by atoms with van der Waals surface area (Å²) in [4.78, 5) is 5.28. The Morgan fingerprint density at radius 3 is 2.35 bits per heavy atom. The fourth-order valence-electron chi connectivity index (χ4n) is 3.10. The molecule has 1 fully saturated rings. The SMILES string of the molecule is Cc1nc(-c2ccc(C(F)(F)F)cc2)sc1C(O)C1CCCC1. The van der Waals surface area contributed by atoms with Crippen molar-refractivity contribution in [3.63, 3.8) is 0 Å². The Kier molecular flexibility index (Phi) is 4.47. The molecule has 6 heteroatoms. The molecule has 124 valence electrons. The van der Waals surface area contributed by atoms with E-state index in [-0.39, 0.29) is 5.92 Å². The molecule has 2 nitrogen and oxygen atoms in total. The third-order valence-electron chi connectivity index (χ3n) is 4.41. The molecule has 0 amide bonds. The number of hydrogen-bond donors (Lipinski definition) is 1. The van der Waals surface area contributed by atoms with Crippen LogP contribution < -0.4 is 0 Å². The minimum atomic E-state index is -4.33. The van der Waals surface area contributed by atoms with Gasteiger partial charge in [0.2, 0.25) is 0 Å². The summed E-state index contributed by atoms with van der Waals surface area (Å²) in [6.07, 6.45) is -0.515. The molecule has 0 radical (unpaired) electrons. The van der Waals surface area contributed by atoms with Gasteiger partial charge in [-0.3, -0.25) is 0 Å². The molecule has 1 saturated carbocycles. The Labute approximate surface area is 137 Å². The third kappa shape index (κ3) is 3.43. The van der Waals surface area contributed by atoms with Crippen molar-refractivity contribution in [2.75, 3.05) is 0 Å². The molecular weight excluding hydrogens is 323 g/mol. The number of thiazole rings is 1. The molecule has 1 N–H and O–H groups in total. The summed E-state index contributed by atoms with van der Waals surface area (Å²) in [6.45, 7) is 1.84. The van der Waals surface area contributed by atoms with Gasteiger partial charge in [-0.05, 0) is 37.8 Å². The van der Waals surface area contributed by atoms with E-state index in [9.17, 15) is 18.3 Å². The molecule has 1 heterocycles. The van der Waals surface area contributed by atoms with E-state index in [1.807, 2.05) is 6.92 Å². The molecule has 0 saturated heterocycles. The Morgan fingerprint density at radius 1 is 1.17 bits per heavy atom. The first-order valence-corrected chi connectivity index (χ1v) is 8.51. The van der Waals surface area contributed by atoms with E-state index < -0.39 is 17.8 Å². The summed E-state index contributed by atoms with van der Waals surface area (Å²) < 4.78 is 37.9. The highest BCUT2D eigenvalue weighted by molar-refractivity contribution is 7.15. The summed E-state index contributed by atoms with van der Waals surface area (Å²) >= 11 is 1.38. The molecule has 1 aliphatic rings. The zero-order chi connectivity index (χ0) is 16.6. The van der Waals surface area contributed by atoms with Crippen molar-refractivity contribution >= 4 is 11.3 Å². The molecule has 1 atom stereocenters. The van der Waals surface area contributed by atoms with Gasteiger partial charge < -0.3 is 5.11 Å². The van der Waals surface area contributed by atoms with Gasteiger partial charge in [-0.1, -0.05) is 25.0 Å².